The Hall–Kier alpha value is -4.11. The summed E-state index contributed by atoms with van der Waals surface area (Å²) in [4.78, 5) is 18.7. The van der Waals surface area contributed by atoms with Crippen LogP contribution in [0.5, 0.6) is 0 Å². The van der Waals surface area contributed by atoms with Gasteiger partial charge in [-0.3, -0.25) is 4.98 Å². The summed E-state index contributed by atoms with van der Waals surface area (Å²) in [5.74, 6) is 1.17. The second kappa shape index (κ2) is 8.96. The van der Waals surface area contributed by atoms with Crippen LogP contribution in [-0.2, 0) is 11.8 Å². The molecule has 1 N–H and O–H groups in total. The van der Waals surface area contributed by atoms with Crippen LogP contribution >= 0.6 is 0 Å². The van der Waals surface area contributed by atoms with Crippen molar-refractivity contribution < 1.29 is 9.50 Å². The molecule has 6 heteroatoms. The summed E-state index contributed by atoms with van der Waals surface area (Å²) < 4.78 is 15.4. The Morgan fingerprint density at radius 3 is 2.55 bits per heavy atom. The van der Waals surface area contributed by atoms with Gasteiger partial charge in [-0.1, -0.05) is 57.0 Å². The van der Waals surface area contributed by atoms with Crippen molar-refractivity contribution in [3.8, 4) is 22.6 Å². The number of hydrogen-bond donors (Lipinski definition) is 1. The number of halogens is 1. The standard InChI is InChI=1S/C34H31FN4O/c1-33-19-27(36-3)31(40)34(2,18-20-12-13-20)28(33)15-14-24-29(23-9-4-6-10-25(23)35)38-32(39-30(24)33)22-16-17-37-26-11-7-5-8-21(22)26/h4-11,16-17,20,28,40H,12-15,18-19H2,1-2H3/t28-,33+,34+/m0/s1. The third-order valence-corrected chi connectivity index (χ3v) is 9.68. The largest absolute Gasteiger partial charge is 0.523 e. The molecule has 0 aliphatic heterocycles. The third-order valence-electron chi connectivity index (χ3n) is 9.68. The van der Waals surface area contributed by atoms with Crippen molar-refractivity contribution in [2.24, 2.45) is 17.3 Å². The quantitative estimate of drug-likeness (QED) is 0.270. The zero-order chi connectivity index (χ0) is 27.6. The fourth-order valence-corrected chi connectivity index (χ4v) is 7.66. The van der Waals surface area contributed by atoms with E-state index in [0.717, 1.165) is 40.6 Å². The van der Waals surface area contributed by atoms with Gasteiger partial charge in [0, 0.05) is 39.1 Å². The number of aliphatic hydroxyl groups excluding tert-OH is 1. The zero-order valence-electron chi connectivity index (χ0n) is 22.8. The highest BCUT2D eigenvalue weighted by molar-refractivity contribution is 5.92. The molecule has 1 fully saturated rings. The van der Waals surface area contributed by atoms with Crippen molar-refractivity contribution >= 4 is 10.9 Å². The minimum absolute atomic E-state index is 0.101. The molecule has 3 aliphatic rings. The van der Waals surface area contributed by atoms with Gasteiger partial charge in [0.2, 0.25) is 5.70 Å². The summed E-state index contributed by atoms with van der Waals surface area (Å²) in [6.07, 6.45) is 6.91. The zero-order valence-corrected chi connectivity index (χ0v) is 22.8. The second-order valence-corrected chi connectivity index (χ2v) is 12.2. The number of nitrogens with zero attached hydrogens (tertiary/aromatic N) is 4. The summed E-state index contributed by atoms with van der Waals surface area (Å²) in [5, 5.41) is 12.4. The minimum Gasteiger partial charge on any atom is -0.523 e. The van der Waals surface area contributed by atoms with E-state index in [1.54, 1.807) is 18.3 Å². The number of pyridine rings is 1. The first-order valence-corrected chi connectivity index (χ1v) is 14.1. The topological polar surface area (TPSA) is 63.3 Å². The number of fused-ring (bicyclic) bond motifs is 4. The van der Waals surface area contributed by atoms with Gasteiger partial charge in [-0.25, -0.2) is 19.2 Å². The van der Waals surface area contributed by atoms with E-state index in [1.807, 2.05) is 36.4 Å². The summed E-state index contributed by atoms with van der Waals surface area (Å²) in [7, 11) is 0. The van der Waals surface area contributed by atoms with Crippen molar-refractivity contribution in [3.63, 3.8) is 0 Å². The summed E-state index contributed by atoms with van der Waals surface area (Å²) >= 11 is 0. The smallest absolute Gasteiger partial charge is 0.203 e. The predicted octanol–water partition coefficient (Wildman–Crippen LogP) is 8.22. The van der Waals surface area contributed by atoms with Crippen molar-refractivity contribution in [2.75, 3.05) is 0 Å². The molecule has 0 amide bonds. The molecule has 2 aromatic carbocycles. The molecule has 2 aromatic heterocycles. The van der Waals surface area contributed by atoms with Crippen LogP contribution in [0.15, 0.2) is 72.3 Å². The minimum atomic E-state index is -0.510. The normalized spacial score (nSPS) is 25.8. The molecule has 3 atom stereocenters. The maximum Gasteiger partial charge on any atom is 0.203 e. The van der Waals surface area contributed by atoms with E-state index < -0.39 is 10.8 Å². The molecule has 0 unspecified atom stereocenters. The first-order valence-electron chi connectivity index (χ1n) is 14.1. The molecular weight excluding hydrogens is 499 g/mol. The summed E-state index contributed by atoms with van der Waals surface area (Å²) in [5.41, 5.74) is 4.01. The lowest BCUT2D eigenvalue weighted by Gasteiger charge is -2.54. The van der Waals surface area contributed by atoms with Crippen molar-refractivity contribution in [1.29, 1.82) is 0 Å². The van der Waals surface area contributed by atoms with Crippen LogP contribution in [0.25, 0.3) is 38.4 Å². The second-order valence-electron chi connectivity index (χ2n) is 12.2. The summed E-state index contributed by atoms with van der Waals surface area (Å²) in [6, 6.07) is 16.6. The lowest BCUT2D eigenvalue weighted by molar-refractivity contribution is 0.0369. The molecule has 0 bridgehead atoms. The third kappa shape index (κ3) is 3.67. The molecular formula is C34H31FN4O. The fraction of sp³-hybridized carbons (Fsp3) is 0.353. The SMILES string of the molecule is [C-]#[N+]C1=C(O)[C@](C)(CC2CC2)[C@H]2CCc3c(-c4ccccc4F)nc(-c4ccnc5ccccc45)nc3[C@]2(C)C1. The monoisotopic (exact) mass is 530 g/mol. The van der Waals surface area contributed by atoms with Gasteiger partial charge in [0.1, 0.15) is 11.6 Å². The van der Waals surface area contributed by atoms with Gasteiger partial charge in [0.15, 0.2) is 5.82 Å². The van der Waals surface area contributed by atoms with Crippen LogP contribution in [0.1, 0.15) is 57.2 Å². The number of rotatable bonds is 4. The predicted molar refractivity (Wildman–Crippen MR) is 154 cm³/mol. The number of benzene rings is 2. The van der Waals surface area contributed by atoms with Crippen molar-refractivity contribution in [2.45, 2.75) is 57.8 Å². The Morgan fingerprint density at radius 1 is 1.00 bits per heavy atom. The highest BCUT2D eigenvalue weighted by atomic mass is 19.1. The first-order chi connectivity index (χ1) is 19.3. The number of allylic oxidation sites excluding steroid dienone is 2. The Balaban J connectivity index is 1.51. The Bertz CT molecular complexity index is 1750. The highest BCUT2D eigenvalue weighted by Gasteiger charge is 2.57. The van der Waals surface area contributed by atoms with Gasteiger partial charge in [-0.2, -0.15) is 0 Å². The van der Waals surface area contributed by atoms with Crippen LogP contribution in [-0.4, -0.2) is 20.1 Å². The molecule has 3 aliphatic carbocycles. The van der Waals surface area contributed by atoms with Gasteiger partial charge in [-0.15, -0.1) is 0 Å². The van der Waals surface area contributed by atoms with Crippen LogP contribution in [0, 0.1) is 29.6 Å². The first kappa shape index (κ1) is 24.9. The number of hydrogen-bond acceptors (Lipinski definition) is 4. The van der Waals surface area contributed by atoms with E-state index in [0.29, 0.717) is 41.5 Å². The molecule has 2 heterocycles. The van der Waals surface area contributed by atoms with E-state index in [1.165, 1.54) is 18.9 Å². The highest BCUT2D eigenvalue weighted by Crippen LogP contribution is 2.62. The van der Waals surface area contributed by atoms with Crippen LogP contribution in [0.3, 0.4) is 0 Å². The number of para-hydroxylation sites is 1. The Kier molecular flexibility index (Phi) is 5.57. The van der Waals surface area contributed by atoms with E-state index in [9.17, 15) is 5.11 Å². The fourth-order valence-electron chi connectivity index (χ4n) is 7.66. The average molecular weight is 531 g/mol. The van der Waals surface area contributed by atoms with E-state index in [4.69, 9.17) is 16.5 Å². The number of aliphatic hydroxyl groups is 1. The molecule has 5 nitrogen and oxygen atoms in total. The van der Waals surface area contributed by atoms with Crippen molar-refractivity contribution in [3.05, 3.63) is 101 Å². The van der Waals surface area contributed by atoms with E-state index in [-0.39, 0.29) is 17.5 Å². The maximum atomic E-state index is 15.4. The van der Waals surface area contributed by atoms with Gasteiger partial charge >= 0.3 is 0 Å². The lowest BCUT2D eigenvalue weighted by Crippen LogP contribution is -2.51. The molecule has 0 spiro atoms. The van der Waals surface area contributed by atoms with E-state index >= 15 is 4.39 Å². The van der Waals surface area contributed by atoms with Crippen LogP contribution in [0.2, 0.25) is 0 Å². The van der Waals surface area contributed by atoms with Crippen LogP contribution in [0.4, 0.5) is 4.39 Å². The van der Waals surface area contributed by atoms with E-state index in [2.05, 4.69) is 23.7 Å². The van der Waals surface area contributed by atoms with Gasteiger partial charge in [0.05, 0.1) is 23.5 Å². The average Bonchev–Trinajstić information content (AvgIpc) is 3.78. The molecule has 4 aromatic rings. The Morgan fingerprint density at radius 2 is 1.77 bits per heavy atom. The van der Waals surface area contributed by atoms with Gasteiger partial charge in [0.25, 0.3) is 0 Å². The molecule has 200 valence electrons. The molecule has 40 heavy (non-hydrogen) atoms. The Labute approximate surface area is 233 Å². The molecule has 1 saturated carbocycles. The van der Waals surface area contributed by atoms with Crippen LogP contribution < -0.4 is 0 Å². The maximum absolute atomic E-state index is 15.4. The molecule has 0 saturated heterocycles. The van der Waals surface area contributed by atoms with Gasteiger partial charge in [-0.05, 0) is 61.8 Å². The lowest BCUT2D eigenvalue weighted by atomic mass is 9.50. The molecule has 0 radical (unpaired) electrons. The molecule has 7 rings (SSSR count). The number of aromatic nitrogens is 3. The van der Waals surface area contributed by atoms with Crippen molar-refractivity contribution in [1.82, 2.24) is 15.0 Å². The van der Waals surface area contributed by atoms with Gasteiger partial charge < -0.3 is 5.11 Å². The summed E-state index contributed by atoms with van der Waals surface area (Å²) in [6.45, 7) is 12.3.